The molecule has 1 N–H and O–H groups in total. The van der Waals surface area contributed by atoms with Gasteiger partial charge < -0.3 is 9.72 Å². The maximum atomic E-state index is 11.4. The first-order valence-corrected chi connectivity index (χ1v) is 6.25. The molecule has 0 aliphatic carbocycles. The highest BCUT2D eigenvalue weighted by Gasteiger charge is 2.19. The summed E-state index contributed by atoms with van der Waals surface area (Å²) in [6.45, 7) is 2.53. The molecule has 1 aliphatic heterocycles. The van der Waals surface area contributed by atoms with E-state index in [1.807, 2.05) is 35.0 Å². The first kappa shape index (κ1) is 11.8. The molecule has 0 bridgehead atoms. The molecule has 5 heteroatoms. The fraction of sp³-hybridized carbons (Fsp3) is 0.286. The number of hydrogen-bond acceptors (Lipinski definition) is 3. The molecule has 19 heavy (non-hydrogen) atoms. The summed E-state index contributed by atoms with van der Waals surface area (Å²) in [5.74, 6) is 0.0496. The summed E-state index contributed by atoms with van der Waals surface area (Å²) < 4.78 is 1.96. The average Bonchev–Trinajstić information content (AvgIpc) is 2.75. The third-order valence-corrected chi connectivity index (χ3v) is 3.39. The number of hydrogen-bond donors (Lipinski definition) is 1. The van der Waals surface area contributed by atoms with E-state index in [0.29, 0.717) is 25.2 Å². The summed E-state index contributed by atoms with van der Waals surface area (Å²) in [7, 11) is 0. The molecule has 2 aromatic heterocycles. The van der Waals surface area contributed by atoms with E-state index in [1.54, 1.807) is 0 Å². The topological polar surface area (TPSA) is 60.5 Å². The Hall–Kier alpha value is -2.32. The largest absolute Gasteiger partial charge is 0.354 e. The second kappa shape index (κ2) is 4.75. The van der Waals surface area contributed by atoms with Crippen molar-refractivity contribution in [3.63, 3.8) is 0 Å². The number of nitrogens with one attached hydrogen (secondary N) is 1. The molecular weight excluding hydrogens is 240 g/mol. The van der Waals surface area contributed by atoms with Crippen LogP contribution in [0.4, 0.5) is 0 Å². The molecule has 5 nitrogen and oxygen atoms in total. The number of amides is 1. The Morgan fingerprint density at radius 2 is 2.32 bits per heavy atom. The Balaban J connectivity index is 1.92. The highest BCUT2D eigenvalue weighted by atomic mass is 16.2. The minimum Gasteiger partial charge on any atom is -0.354 e. The zero-order valence-corrected chi connectivity index (χ0v) is 10.5. The number of nitriles is 1. The van der Waals surface area contributed by atoms with Gasteiger partial charge in [0, 0.05) is 37.6 Å². The van der Waals surface area contributed by atoms with Gasteiger partial charge in [0.1, 0.15) is 6.07 Å². The van der Waals surface area contributed by atoms with Gasteiger partial charge in [-0.2, -0.15) is 5.26 Å². The summed E-state index contributed by atoms with van der Waals surface area (Å²) in [5.41, 5.74) is 2.59. The number of carbonyl (C=O) groups excluding carboxylic acids is 1. The van der Waals surface area contributed by atoms with Crippen LogP contribution in [0.1, 0.15) is 11.1 Å². The molecule has 2 aromatic rings. The van der Waals surface area contributed by atoms with Crippen LogP contribution in [0, 0.1) is 11.3 Å². The lowest BCUT2D eigenvalue weighted by Gasteiger charge is -2.26. The zero-order valence-electron chi connectivity index (χ0n) is 10.5. The number of nitrogens with zero attached hydrogens (tertiary/aromatic N) is 3. The van der Waals surface area contributed by atoms with Crippen molar-refractivity contribution in [3.8, 4) is 6.07 Å². The lowest BCUT2D eigenvalue weighted by molar-refractivity contribution is -0.124. The van der Waals surface area contributed by atoms with Crippen LogP contribution in [-0.4, -0.2) is 34.8 Å². The van der Waals surface area contributed by atoms with Gasteiger partial charge in [-0.1, -0.05) is 6.07 Å². The Kier molecular flexibility index (Phi) is 2.94. The number of piperazine rings is 1. The fourth-order valence-corrected chi connectivity index (χ4v) is 2.49. The Labute approximate surface area is 111 Å². The van der Waals surface area contributed by atoms with Crippen LogP contribution in [0.3, 0.4) is 0 Å². The first-order chi connectivity index (χ1) is 9.28. The Bertz CT molecular complexity index is 668. The van der Waals surface area contributed by atoms with E-state index in [9.17, 15) is 10.1 Å². The maximum absolute atomic E-state index is 11.4. The van der Waals surface area contributed by atoms with Crippen LogP contribution < -0.4 is 5.32 Å². The van der Waals surface area contributed by atoms with Crippen molar-refractivity contribution in [2.45, 2.75) is 6.54 Å². The predicted molar refractivity (Wildman–Crippen MR) is 70.4 cm³/mol. The van der Waals surface area contributed by atoms with E-state index in [4.69, 9.17) is 0 Å². The zero-order chi connectivity index (χ0) is 13.2. The van der Waals surface area contributed by atoms with Crippen LogP contribution in [0.15, 0.2) is 30.6 Å². The third kappa shape index (κ3) is 2.18. The second-order valence-corrected chi connectivity index (χ2v) is 4.69. The van der Waals surface area contributed by atoms with Crippen LogP contribution in [0.5, 0.6) is 0 Å². The number of carbonyl (C=O) groups is 1. The molecule has 1 amide bonds. The van der Waals surface area contributed by atoms with Crippen molar-refractivity contribution >= 4 is 11.4 Å². The lowest BCUT2D eigenvalue weighted by Crippen LogP contribution is -2.47. The molecule has 96 valence electrons. The van der Waals surface area contributed by atoms with Gasteiger partial charge in [0.15, 0.2) is 0 Å². The van der Waals surface area contributed by atoms with E-state index in [-0.39, 0.29) is 5.91 Å². The summed E-state index contributed by atoms with van der Waals surface area (Å²) >= 11 is 0. The molecule has 3 rings (SSSR count). The van der Waals surface area contributed by atoms with Crippen molar-refractivity contribution in [3.05, 3.63) is 41.7 Å². The molecule has 3 heterocycles. The minimum absolute atomic E-state index is 0.0496. The van der Waals surface area contributed by atoms with Gasteiger partial charge in [-0.3, -0.25) is 9.69 Å². The summed E-state index contributed by atoms with van der Waals surface area (Å²) in [6.07, 6.45) is 3.91. The molecule has 1 fully saturated rings. The average molecular weight is 254 g/mol. The van der Waals surface area contributed by atoms with Crippen molar-refractivity contribution in [2.24, 2.45) is 0 Å². The predicted octanol–water partition coefficient (Wildman–Crippen LogP) is 0.743. The van der Waals surface area contributed by atoms with Crippen LogP contribution in [0.25, 0.3) is 5.52 Å². The van der Waals surface area contributed by atoms with Crippen molar-refractivity contribution in [2.75, 3.05) is 19.6 Å². The first-order valence-electron chi connectivity index (χ1n) is 6.25. The molecule has 0 aromatic carbocycles. The monoisotopic (exact) mass is 254 g/mol. The van der Waals surface area contributed by atoms with Gasteiger partial charge in [-0.15, -0.1) is 0 Å². The molecule has 0 radical (unpaired) electrons. The molecule has 0 atom stereocenters. The number of rotatable bonds is 2. The quantitative estimate of drug-likeness (QED) is 0.860. The highest BCUT2D eigenvalue weighted by Crippen LogP contribution is 2.19. The van der Waals surface area contributed by atoms with Crippen molar-refractivity contribution in [1.82, 2.24) is 14.6 Å². The molecule has 0 spiro atoms. The van der Waals surface area contributed by atoms with Gasteiger partial charge in [0.05, 0.1) is 17.6 Å². The summed E-state index contributed by atoms with van der Waals surface area (Å²) in [4.78, 5) is 13.4. The molecule has 1 aliphatic rings. The van der Waals surface area contributed by atoms with E-state index in [2.05, 4.69) is 16.3 Å². The van der Waals surface area contributed by atoms with E-state index >= 15 is 0 Å². The molecule has 1 saturated heterocycles. The summed E-state index contributed by atoms with van der Waals surface area (Å²) in [5, 5.41) is 12.1. The minimum atomic E-state index is 0.0496. The smallest absolute Gasteiger partial charge is 0.234 e. The highest BCUT2D eigenvalue weighted by molar-refractivity contribution is 5.78. The molecular formula is C14H14N4O. The Morgan fingerprint density at radius 3 is 3.11 bits per heavy atom. The van der Waals surface area contributed by atoms with E-state index < -0.39 is 0 Å². The standard InChI is InChI=1S/C14H14N4O/c15-7-12-11(8-17-6-4-16-14(19)10-17)9-18-5-2-1-3-13(12)18/h1-3,5,9H,4,6,8,10H2,(H,16,19). The molecule has 0 saturated carbocycles. The number of aromatic nitrogens is 1. The van der Waals surface area contributed by atoms with Crippen LogP contribution >= 0.6 is 0 Å². The number of fused-ring (bicyclic) bond motifs is 1. The van der Waals surface area contributed by atoms with Crippen molar-refractivity contribution < 1.29 is 4.79 Å². The third-order valence-electron chi connectivity index (χ3n) is 3.39. The molecule has 0 unspecified atom stereocenters. The SMILES string of the molecule is N#Cc1c(CN2CCNC(=O)C2)cn2ccccc12. The van der Waals surface area contributed by atoms with Crippen LogP contribution in [-0.2, 0) is 11.3 Å². The summed E-state index contributed by atoms with van der Waals surface area (Å²) in [6, 6.07) is 8.07. The van der Waals surface area contributed by atoms with Crippen molar-refractivity contribution in [1.29, 1.82) is 5.26 Å². The van der Waals surface area contributed by atoms with Gasteiger partial charge in [-0.25, -0.2) is 0 Å². The normalized spacial score (nSPS) is 16.3. The van der Waals surface area contributed by atoms with Crippen LogP contribution in [0.2, 0.25) is 0 Å². The van der Waals surface area contributed by atoms with Gasteiger partial charge in [0.25, 0.3) is 0 Å². The van der Waals surface area contributed by atoms with E-state index in [1.165, 1.54) is 0 Å². The van der Waals surface area contributed by atoms with E-state index in [0.717, 1.165) is 17.6 Å². The van der Waals surface area contributed by atoms with Gasteiger partial charge >= 0.3 is 0 Å². The Morgan fingerprint density at radius 1 is 1.42 bits per heavy atom. The fourth-order valence-electron chi connectivity index (χ4n) is 2.49. The lowest BCUT2D eigenvalue weighted by atomic mass is 10.1. The van der Waals surface area contributed by atoms with Gasteiger partial charge in [-0.05, 0) is 12.1 Å². The maximum Gasteiger partial charge on any atom is 0.234 e. The second-order valence-electron chi connectivity index (χ2n) is 4.69. The van der Waals surface area contributed by atoms with Gasteiger partial charge in [0.2, 0.25) is 5.91 Å². The number of pyridine rings is 1.